The van der Waals surface area contributed by atoms with Gasteiger partial charge in [0.05, 0.1) is 13.2 Å². The number of nitrogens with zero attached hydrogens (tertiary/aromatic N) is 2. The zero-order valence-electron chi connectivity index (χ0n) is 14.9. The number of likely N-dealkylation sites (tertiary alicyclic amines) is 1. The molecule has 2 aromatic carbocycles. The fourth-order valence-corrected chi connectivity index (χ4v) is 3.58. The summed E-state index contributed by atoms with van der Waals surface area (Å²) in [4.78, 5) is 14.8. The Morgan fingerprint density at radius 1 is 1.19 bits per heavy atom. The number of halogens is 1. The van der Waals surface area contributed by atoms with Crippen molar-refractivity contribution in [2.24, 2.45) is 0 Å². The molecule has 0 spiro atoms. The molecular formula is C21H19ClN2O3. The van der Waals surface area contributed by atoms with E-state index in [0.29, 0.717) is 17.3 Å². The summed E-state index contributed by atoms with van der Waals surface area (Å²) < 4.78 is 10.5. The summed E-state index contributed by atoms with van der Waals surface area (Å²) in [7, 11) is 1.62. The molecule has 1 aliphatic rings. The summed E-state index contributed by atoms with van der Waals surface area (Å²) in [6.45, 7) is 0.699. The molecule has 1 saturated heterocycles. The first-order valence-corrected chi connectivity index (χ1v) is 9.21. The number of benzene rings is 2. The van der Waals surface area contributed by atoms with E-state index in [-0.39, 0.29) is 17.7 Å². The Labute approximate surface area is 162 Å². The van der Waals surface area contributed by atoms with Gasteiger partial charge < -0.3 is 14.2 Å². The van der Waals surface area contributed by atoms with Crippen LogP contribution in [0.15, 0.2) is 59.1 Å². The van der Waals surface area contributed by atoms with Crippen LogP contribution in [0.3, 0.4) is 0 Å². The normalized spacial score (nSPS) is 16.5. The smallest absolute Gasteiger partial charge is 0.292 e. The highest BCUT2D eigenvalue weighted by Gasteiger charge is 2.32. The van der Waals surface area contributed by atoms with E-state index in [1.165, 1.54) is 0 Å². The van der Waals surface area contributed by atoms with Gasteiger partial charge in [-0.05, 0) is 54.8 Å². The molecule has 0 N–H and O–H groups in total. The fourth-order valence-electron chi connectivity index (χ4n) is 3.46. The summed E-state index contributed by atoms with van der Waals surface area (Å²) >= 11 is 5.98. The van der Waals surface area contributed by atoms with E-state index in [2.05, 4.69) is 5.16 Å². The highest BCUT2D eigenvalue weighted by atomic mass is 35.5. The predicted molar refractivity (Wildman–Crippen MR) is 103 cm³/mol. The number of ether oxygens (including phenoxy) is 1. The van der Waals surface area contributed by atoms with Crippen molar-refractivity contribution in [1.29, 1.82) is 0 Å². The maximum absolute atomic E-state index is 13.0. The van der Waals surface area contributed by atoms with Crippen LogP contribution in [0.4, 0.5) is 0 Å². The van der Waals surface area contributed by atoms with Gasteiger partial charge in [-0.25, -0.2) is 0 Å². The summed E-state index contributed by atoms with van der Waals surface area (Å²) in [6, 6.07) is 16.9. The third kappa shape index (κ3) is 3.55. The second-order valence-electron chi connectivity index (χ2n) is 6.51. The van der Waals surface area contributed by atoms with Crippen molar-refractivity contribution in [2.75, 3.05) is 13.7 Å². The number of aromatic nitrogens is 1. The van der Waals surface area contributed by atoms with E-state index in [9.17, 15) is 4.79 Å². The van der Waals surface area contributed by atoms with Gasteiger partial charge in [0.25, 0.3) is 5.91 Å². The Bertz CT molecular complexity index is 935. The lowest BCUT2D eigenvalue weighted by Crippen LogP contribution is -2.30. The highest BCUT2D eigenvalue weighted by molar-refractivity contribution is 6.30. The average Bonchev–Trinajstić information content (AvgIpc) is 3.38. The van der Waals surface area contributed by atoms with Crippen LogP contribution in [0.1, 0.15) is 35.0 Å². The molecule has 0 saturated carbocycles. The first-order valence-electron chi connectivity index (χ1n) is 8.83. The van der Waals surface area contributed by atoms with Crippen LogP contribution < -0.4 is 4.74 Å². The lowest BCUT2D eigenvalue weighted by molar-refractivity contribution is 0.0693. The third-order valence-corrected chi connectivity index (χ3v) is 5.13. The second kappa shape index (κ2) is 7.45. The molecule has 6 heteroatoms. The van der Waals surface area contributed by atoms with E-state index in [0.717, 1.165) is 29.7 Å². The zero-order chi connectivity index (χ0) is 18.8. The molecule has 1 fully saturated rings. The number of carbonyl (C=O) groups excluding carboxylic acids is 1. The van der Waals surface area contributed by atoms with E-state index in [4.69, 9.17) is 20.9 Å². The van der Waals surface area contributed by atoms with Crippen LogP contribution in [0.25, 0.3) is 11.3 Å². The standard InChI is InChI=1S/C21H19ClN2O3/c1-26-17-10-6-14(7-11-17)18-13-20(27-23-18)21(25)24-12-2-3-19(24)15-4-8-16(22)9-5-15/h4-11,13,19H,2-3,12H2,1H3/t19-/m0/s1. The fraction of sp³-hybridized carbons (Fsp3) is 0.238. The average molecular weight is 383 g/mol. The molecule has 27 heavy (non-hydrogen) atoms. The van der Waals surface area contributed by atoms with Gasteiger partial charge in [-0.2, -0.15) is 0 Å². The summed E-state index contributed by atoms with van der Waals surface area (Å²) in [5.41, 5.74) is 2.58. The van der Waals surface area contributed by atoms with Gasteiger partial charge >= 0.3 is 0 Å². The van der Waals surface area contributed by atoms with E-state index in [1.54, 1.807) is 13.2 Å². The molecule has 1 aromatic heterocycles. The number of hydrogen-bond acceptors (Lipinski definition) is 4. The minimum Gasteiger partial charge on any atom is -0.497 e. The van der Waals surface area contributed by atoms with E-state index in [1.807, 2.05) is 53.4 Å². The van der Waals surface area contributed by atoms with Gasteiger partial charge in [0.2, 0.25) is 5.76 Å². The largest absolute Gasteiger partial charge is 0.497 e. The Kier molecular flexibility index (Phi) is 4.86. The maximum Gasteiger partial charge on any atom is 0.292 e. The summed E-state index contributed by atoms with van der Waals surface area (Å²) in [6.07, 6.45) is 1.88. The first-order chi connectivity index (χ1) is 13.2. The van der Waals surface area contributed by atoms with E-state index >= 15 is 0 Å². The predicted octanol–water partition coefficient (Wildman–Crippen LogP) is 4.98. The summed E-state index contributed by atoms with van der Waals surface area (Å²) in [5.74, 6) is 0.878. The molecule has 0 aliphatic carbocycles. The van der Waals surface area contributed by atoms with Gasteiger partial charge in [0.15, 0.2) is 0 Å². The number of rotatable bonds is 4. The molecule has 0 bridgehead atoms. The molecule has 0 radical (unpaired) electrons. The van der Waals surface area contributed by atoms with Gasteiger partial charge in [-0.15, -0.1) is 0 Å². The lowest BCUT2D eigenvalue weighted by Gasteiger charge is -2.24. The highest BCUT2D eigenvalue weighted by Crippen LogP contribution is 2.34. The van der Waals surface area contributed by atoms with Crippen LogP contribution in [-0.2, 0) is 0 Å². The number of hydrogen-bond donors (Lipinski definition) is 0. The Balaban J connectivity index is 1.55. The molecule has 1 aliphatic heterocycles. The van der Waals surface area contributed by atoms with Crippen molar-refractivity contribution >= 4 is 17.5 Å². The maximum atomic E-state index is 13.0. The van der Waals surface area contributed by atoms with Crippen LogP contribution in [0, 0.1) is 0 Å². The number of amides is 1. The van der Waals surface area contributed by atoms with E-state index < -0.39 is 0 Å². The van der Waals surface area contributed by atoms with Crippen LogP contribution in [0.2, 0.25) is 5.02 Å². The molecule has 1 amide bonds. The Morgan fingerprint density at radius 3 is 2.63 bits per heavy atom. The zero-order valence-corrected chi connectivity index (χ0v) is 15.6. The topological polar surface area (TPSA) is 55.6 Å². The minimum atomic E-state index is -0.139. The van der Waals surface area contributed by atoms with Gasteiger partial charge in [0, 0.05) is 23.2 Å². The SMILES string of the molecule is COc1ccc(-c2cc(C(=O)N3CCC[C@H]3c3ccc(Cl)cc3)on2)cc1. The van der Waals surface area contributed by atoms with Crippen molar-refractivity contribution in [3.63, 3.8) is 0 Å². The van der Waals surface area contributed by atoms with Crippen LogP contribution in [0.5, 0.6) is 5.75 Å². The van der Waals surface area contributed by atoms with Gasteiger partial charge in [-0.1, -0.05) is 28.9 Å². The van der Waals surface area contributed by atoms with Crippen LogP contribution >= 0.6 is 11.6 Å². The van der Waals surface area contributed by atoms with Crippen molar-refractivity contribution in [2.45, 2.75) is 18.9 Å². The molecule has 3 aromatic rings. The molecule has 138 valence electrons. The van der Waals surface area contributed by atoms with Crippen LogP contribution in [-0.4, -0.2) is 29.6 Å². The van der Waals surface area contributed by atoms with Gasteiger partial charge in [0.1, 0.15) is 11.4 Å². The molecule has 5 nitrogen and oxygen atoms in total. The monoisotopic (exact) mass is 382 g/mol. The van der Waals surface area contributed by atoms with Crippen molar-refractivity contribution in [3.8, 4) is 17.0 Å². The van der Waals surface area contributed by atoms with Crippen molar-refractivity contribution in [3.05, 3.63) is 70.9 Å². The lowest BCUT2D eigenvalue weighted by atomic mass is 10.0. The van der Waals surface area contributed by atoms with Gasteiger partial charge in [-0.3, -0.25) is 4.79 Å². The van der Waals surface area contributed by atoms with Crippen molar-refractivity contribution < 1.29 is 14.1 Å². The molecular weight excluding hydrogens is 364 g/mol. The molecule has 1 atom stereocenters. The third-order valence-electron chi connectivity index (χ3n) is 4.88. The number of methoxy groups -OCH3 is 1. The Hall–Kier alpha value is -2.79. The van der Waals surface area contributed by atoms with Crippen molar-refractivity contribution in [1.82, 2.24) is 10.1 Å². The minimum absolute atomic E-state index is 0.0318. The molecule has 4 rings (SSSR count). The Morgan fingerprint density at radius 2 is 1.93 bits per heavy atom. The quantitative estimate of drug-likeness (QED) is 0.638. The number of carbonyl (C=O) groups is 1. The first kappa shape index (κ1) is 17.6. The molecule has 2 heterocycles. The summed E-state index contributed by atoms with van der Waals surface area (Å²) in [5, 5.41) is 4.75. The molecule has 0 unspecified atom stereocenters. The second-order valence-corrected chi connectivity index (χ2v) is 6.95.